The number of carbonyl (C=O) groups excluding carboxylic acids is 1. The van der Waals surface area contributed by atoms with Gasteiger partial charge in [0.05, 0.1) is 30.1 Å². The molecule has 4 atom stereocenters. The number of anilines is 1. The fourth-order valence-electron chi connectivity index (χ4n) is 2.74. The average molecular weight is 337 g/mol. The van der Waals surface area contributed by atoms with Gasteiger partial charge in [0.1, 0.15) is 11.2 Å². The Morgan fingerprint density at radius 2 is 2.21 bits per heavy atom. The van der Waals surface area contributed by atoms with Crippen molar-refractivity contribution in [2.75, 3.05) is 5.73 Å². The number of pyridine rings is 1. The molecule has 2 rings (SSSR count). The number of carbonyl (C=O) groups is 1. The maximum absolute atomic E-state index is 12.1. The van der Waals surface area contributed by atoms with Crippen LogP contribution in [0.1, 0.15) is 52.7 Å². The minimum Gasteiger partial charge on any atom is -0.444 e. The molecule has 7 nitrogen and oxygen atoms in total. The van der Waals surface area contributed by atoms with Crippen molar-refractivity contribution in [1.82, 2.24) is 10.3 Å². The van der Waals surface area contributed by atoms with E-state index in [0.29, 0.717) is 12.1 Å². The first-order chi connectivity index (χ1) is 11.0. The fraction of sp³-hybridized carbons (Fsp3) is 0.647. The molecule has 0 radical (unpaired) electrons. The standard InChI is InChI=1S/C17H27N3O4/c1-10-17(5,22)14(20-15(21)24-16(2,3)4)8-13(23-10)11-6-7-19-9-12(11)18/h6-7,9-10,13-14,22H,8,18H2,1-5H3,(H,20,21). The molecular weight excluding hydrogens is 310 g/mol. The van der Waals surface area contributed by atoms with Gasteiger partial charge < -0.3 is 25.6 Å². The number of ether oxygens (including phenoxy) is 2. The lowest BCUT2D eigenvalue weighted by atomic mass is 9.82. The van der Waals surface area contributed by atoms with E-state index in [2.05, 4.69) is 10.3 Å². The third-order valence-corrected chi connectivity index (χ3v) is 4.27. The van der Waals surface area contributed by atoms with Gasteiger partial charge in [-0.1, -0.05) is 0 Å². The van der Waals surface area contributed by atoms with Crippen LogP contribution in [-0.4, -0.2) is 39.5 Å². The summed E-state index contributed by atoms with van der Waals surface area (Å²) < 4.78 is 11.2. The van der Waals surface area contributed by atoms with Gasteiger partial charge in [-0.3, -0.25) is 4.98 Å². The summed E-state index contributed by atoms with van der Waals surface area (Å²) in [6.45, 7) is 8.78. The molecule has 0 spiro atoms. The zero-order chi connectivity index (χ0) is 18.1. The molecule has 2 heterocycles. The Hall–Kier alpha value is -1.86. The van der Waals surface area contributed by atoms with Crippen molar-refractivity contribution >= 4 is 11.8 Å². The van der Waals surface area contributed by atoms with E-state index in [0.717, 1.165) is 5.56 Å². The summed E-state index contributed by atoms with van der Waals surface area (Å²) >= 11 is 0. The average Bonchev–Trinajstić information content (AvgIpc) is 2.42. The quantitative estimate of drug-likeness (QED) is 0.763. The zero-order valence-electron chi connectivity index (χ0n) is 14.9. The van der Waals surface area contributed by atoms with Gasteiger partial charge in [-0.2, -0.15) is 0 Å². The molecular formula is C17H27N3O4. The predicted octanol–water partition coefficient (Wildman–Crippen LogP) is 2.16. The highest BCUT2D eigenvalue weighted by molar-refractivity contribution is 5.68. The van der Waals surface area contributed by atoms with Crippen molar-refractivity contribution in [1.29, 1.82) is 0 Å². The Labute approximate surface area is 142 Å². The summed E-state index contributed by atoms with van der Waals surface area (Å²) in [5.74, 6) is 0. The molecule has 0 aromatic carbocycles. The fourth-order valence-corrected chi connectivity index (χ4v) is 2.74. The van der Waals surface area contributed by atoms with Gasteiger partial charge >= 0.3 is 6.09 Å². The number of hydrogen-bond acceptors (Lipinski definition) is 6. The molecule has 1 fully saturated rings. The smallest absolute Gasteiger partial charge is 0.407 e. The minimum atomic E-state index is -1.23. The predicted molar refractivity (Wildman–Crippen MR) is 90.3 cm³/mol. The molecule has 0 aliphatic carbocycles. The van der Waals surface area contributed by atoms with Crippen LogP contribution >= 0.6 is 0 Å². The van der Waals surface area contributed by atoms with Crippen LogP contribution in [0.5, 0.6) is 0 Å². The van der Waals surface area contributed by atoms with Gasteiger partial charge in [-0.15, -0.1) is 0 Å². The van der Waals surface area contributed by atoms with E-state index in [1.807, 2.05) is 0 Å². The number of amides is 1. The number of aromatic nitrogens is 1. The number of nitrogens with one attached hydrogen (secondary N) is 1. The molecule has 1 aliphatic heterocycles. The molecule has 1 saturated heterocycles. The Morgan fingerprint density at radius 3 is 2.79 bits per heavy atom. The monoisotopic (exact) mass is 337 g/mol. The van der Waals surface area contributed by atoms with E-state index < -0.39 is 29.4 Å². The van der Waals surface area contributed by atoms with Crippen LogP contribution in [0.3, 0.4) is 0 Å². The van der Waals surface area contributed by atoms with E-state index in [1.54, 1.807) is 53.1 Å². The summed E-state index contributed by atoms with van der Waals surface area (Å²) in [5, 5.41) is 13.5. The summed E-state index contributed by atoms with van der Waals surface area (Å²) in [4.78, 5) is 16.1. The molecule has 1 amide bonds. The van der Waals surface area contributed by atoms with E-state index >= 15 is 0 Å². The van der Waals surface area contributed by atoms with Gasteiger partial charge in [-0.05, 0) is 40.7 Å². The van der Waals surface area contributed by atoms with Gasteiger partial charge in [0.2, 0.25) is 0 Å². The van der Waals surface area contributed by atoms with E-state index in [1.165, 1.54) is 0 Å². The van der Waals surface area contributed by atoms with Gasteiger partial charge in [0.15, 0.2) is 0 Å². The van der Waals surface area contributed by atoms with Crippen LogP contribution in [0.15, 0.2) is 18.5 Å². The number of aliphatic hydroxyl groups is 1. The summed E-state index contributed by atoms with van der Waals surface area (Å²) in [5.41, 5.74) is 5.46. The second kappa shape index (κ2) is 6.57. The summed E-state index contributed by atoms with van der Waals surface area (Å²) in [6.07, 6.45) is 2.18. The molecule has 7 heteroatoms. The van der Waals surface area contributed by atoms with Crippen LogP contribution in [0.4, 0.5) is 10.5 Å². The maximum atomic E-state index is 12.1. The molecule has 24 heavy (non-hydrogen) atoms. The van der Waals surface area contributed by atoms with Gasteiger partial charge in [0.25, 0.3) is 0 Å². The molecule has 4 N–H and O–H groups in total. The first-order valence-electron chi connectivity index (χ1n) is 8.07. The highest BCUT2D eigenvalue weighted by Crippen LogP contribution is 2.38. The van der Waals surface area contributed by atoms with Gasteiger partial charge in [-0.25, -0.2) is 4.79 Å². The first kappa shape index (κ1) is 18.5. The van der Waals surface area contributed by atoms with Crippen molar-refractivity contribution in [3.05, 3.63) is 24.0 Å². The van der Waals surface area contributed by atoms with Crippen molar-refractivity contribution < 1.29 is 19.4 Å². The zero-order valence-corrected chi connectivity index (χ0v) is 14.9. The Morgan fingerprint density at radius 1 is 1.54 bits per heavy atom. The van der Waals surface area contributed by atoms with E-state index in [9.17, 15) is 9.90 Å². The molecule has 0 saturated carbocycles. The lowest BCUT2D eigenvalue weighted by Crippen LogP contribution is -2.61. The van der Waals surface area contributed by atoms with Crippen molar-refractivity contribution in [2.24, 2.45) is 0 Å². The van der Waals surface area contributed by atoms with Crippen LogP contribution in [0.2, 0.25) is 0 Å². The largest absolute Gasteiger partial charge is 0.444 e. The van der Waals surface area contributed by atoms with Crippen LogP contribution < -0.4 is 11.1 Å². The number of nitrogens with zero attached hydrogens (tertiary/aromatic N) is 1. The normalized spacial score (nSPS) is 30.7. The third-order valence-electron chi connectivity index (χ3n) is 4.27. The highest BCUT2D eigenvalue weighted by atomic mass is 16.6. The topological polar surface area (TPSA) is 107 Å². The third kappa shape index (κ3) is 4.15. The van der Waals surface area contributed by atoms with Crippen LogP contribution in [-0.2, 0) is 9.47 Å². The van der Waals surface area contributed by atoms with Crippen molar-refractivity contribution in [3.8, 4) is 0 Å². The number of nitrogen functional groups attached to an aromatic ring is 1. The second-order valence-electron chi connectivity index (χ2n) is 7.43. The SMILES string of the molecule is CC1OC(c2ccncc2N)CC(NC(=O)OC(C)(C)C)C1(C)O. The minimum absolute atomic E-state index is 0.344. The highest BCUT2D eigenvalue weighted by Gasteiger charge is 2.46. The number of nitrogens with two attached hydrogens (primary N) is 1. The Bertz CT molecular complexity index is 598. The van der Waals surface area contributed by atoms with Crippen LogP contribution in [0, 0.1) is 0 Å². The molecule has 4 unspecified atom stereocenters. The molecule has 1 aliphatic rings. The summed E-state index contributed by atoms with van der Waals surface area (Å²) in [6, 6.07) is 1.26. The second-order valence-corrected chi connectivity index (χ2v) is 7.43. The molecule has 1 aromatic heterocycles. The summed E-state index contributed by atoms with van der Waals surface area (Å²) in [7, 11) is 0. The number of alkyl carbamates (subject to hydrolysis) is 1. The molecule has 1 aromatic rings. The first-order valence-corrected chi connectivity index (χ1v) is 8.07. The van der Waals surface area contributed by atoms with Gasteiger partial charge in [0, 0.05) is 18.2 Å². The Kier molecular flexibility index (Phi) is 5.05. The molecule has 0 bridgehead atoms. The Balaban J connectivity index is 2.18. The number of hydrogen-bond donors (Lipinski definition) is 3. The van der Waals surface area contributed by atoms with Crippen LogP contribution in [0.25, 0.3) is 0 Å². The van der Waals surface area contributed by atoms with E-state index in [4.69, 9.17) is 15.2 Å². The molecule has 134 valence electrons. The van der Waals surface area contributed by atoms with E-state index in [-0.39, 0.29) is 6.10 Å². The van der Waals surface area contributed by atoms with Crippen molar-refractivity contribution in [3.63, 3.8) is 0 Å². The maximum Gasteiger partial charge on any atom is 0.407 e. The van der Waals surface area contributed by atoms with Crippen molar-refractivity contribution in [2.45, 2.75) is 70.5 Å². The lowest BCUT2D eigenvalue weighted by molar-refractivity contribution is -0.176. The number of rotatable bonds is 2. The lowest BCUT2D eigenvalue weighted by Gasteiger charge is -2.45.